The zero-order chi connectivity index (χ0) is 78.4. The van der Waals surface area contributed by atoms with Gasteiger partial charge in [0.1, 0.15) is 11.6 Å². The van der Waals surface area contributed by atoms with Crippen molar-refractivity contribution in [2.75, 3.05) is 0 Å². The smallest absolute Gasteiger partial charge is 0.104 e. The number of para-hydroxylation sites is 6. The minimum absolute atomic E-state index is 0.0232. The van der Waals surface area contributed by atoms with Crippen molar-refractivity contribution in [3.05, 3.63) is 278 Å². The molecule has 0 aliphatic rings. The van der Waals surface area contributed by atoms with E-state index in [0.29, 0.717) is 0 Å². The van der Waals surface area contributed by atoms with Crippen LogP contribution in [-0.4, -0.2) is 18.3 Å². The molecule has 12 aromatic carbocycles. The van der Waals surface area contributed by atoms with E-state index in [1.54, 1.807) is 36.4 Å². The highest BCUT2D eigenvalue weighted by Gasteiger charge is 2.35. The van der Waals surface area contributed by atoms with Gasteiger partial charge in [-0.3, -0.25) is 0 Å². The second-order valence-electron chi connectivity index (χ2n) is 18.0. The van der Waals surface area contributed by atoms with Crippen LogP contribution in [0.15, 0.2) is 272 Å². The SMILES string of the molecule is [2H]c1c([2H])c([2H])c(-c2ccc3c(c2)c2ccccc2n3-c2c(-c3c([2H])c([2H])c([2H])c([2H])c3[2H])c(-n3c4ccccc4c4cc(-c5c([2H])c([2H])c([2H])c([2H])c5[2H])ccc43)c(-n3c4c([2H])c([2H])c([2H])c([2H])c4c4c([2H])c([2H])c([2H])c([2H])c43)c(C#N)c2-n2c3c([2H])c([2H])c([2H])c([2H])c3c3c([2H])c([2H])c([2H])c([2H])c32)c([2H])c1[2H]. The molecule has 0 saturated heterocycles. The molecule has 0 atom stereocenters. The quantitative estimate of drug-likeness (QED) is 0.157. The van der Waals surface area contributed by atoms with E-state index in [2.05, 4.69) is 6.07 Å². The summed E-state index contributed by atoms with van der Waals surface area (Å²) < 4.78 is 297. The van der Waals surface area contributed by atoms with Crippen LogP contribution in [0.1, 0.15) is 48.1 Å². The predicted octanol–water partition coefficient (Wildman–Crippen LogP) is 18.9. The molecular weight excluding hydrogens is 947 g/mol. The van der Waals surface area contributed by atoms with Gasteiger partial charge < -0.3 is 18.3 Å². The van der Waals surface area contributed by atoms with Gasteiger partial charge in [0.15, 0.2) is 0 Å². The summed E-state index contributed by atoms with van der Waals surface area (Å²) in [5.74, 6) is 0. The summed E-state index contributed by atoms with van der Waals surface area (Å²) in [6.07, 6.45) is 0. The van der Waals surface area contributed by atoms with Crippen molar-refractivity contribution < 1.29 is 42.5 Å². The van der Waals surface area contributed by atoms with Crippen LogP contribution in [0.4, 0.5) is 0 Å². The van der Waals surface area contributed by atoms with Crippen LogP contribution in [0, 0.1) is 11.3 Å². The van der Waals surface area contributed by atoms with E-state index < -0.39 is 270 Å². The lowest BCUT2D eigenvalue weighted by Crippen LogP contribution is -2.16. The van der Waals surface area contributed by atoms with E-state index in [0.717, 1.165) is 9.13 Å². The standard InChI is InChI=1S/C73H45N5/c74-46-60-70(75-61-34-16-10-28-52(61)53-29-11-17-35-62(53)75)72(77-65-38-20-14-32-56(65)58-44-50(40-42-67(58)77)47-22-4-1-5-23-47)69(49-26-8-3-9-27-49)73(71(60)76-63-36-18-12-30-54(63)55-31-13-19-37-64(55)76)78-66-39-21-15-33-57(66)59-45-51(41-43-68(59)78)48-24-6-2-7-25-48/h1-45H/i1D,2D,3D,4D,5D,6D,7D,8D,9D,10D,11D,12D,13D,16D,17D,18D,19D,22D,23D,24D,25D,26D,27D,28D,29D,30D,31D,34D,35D,36D,37D. The normalized spacial score (nSPS) is 17.4. The molecule has 4 heterocycles. The van der Waals surface area contributed by atoms with Crippen molar-refractivity contribution in [1.29, 1.82) is 5.26 Å². The molecule has 0 amide bonds. The van der Waals surface area contributed by atoms with Gasteiger partial charge in [0.2, 0.25) is 0 Å². The maximum atomic E-state index is 13.3. The topological polar surface area (TPSA) is 43.5 Å². The largest absolute Gasteiger partial charge is 0.306 e. The van der Waals surface area contributed by atoms with Gasteiger partial charge in [0.05, 0.1) is 109 Å². The number of fused-ring (bicyclic) bond motifs is 12. The van der Waals surface area contributed by atoms with Crippen molar-refractivity contribution in [1.82, 2.24) is 18.3 Å². The fourth-order valence-electron chi connectivity index (χ4n) is 11.1. The van der Waals surface area contributed by atoms with E-state index in [9.17, 15) is 34.0 Å². The fraction of sp³-hybridized carbons (Fsp3) is 0. The summed E-state index contributed by atoms with van der Waals surface area (Å²) in [7, 11) is 0. The molecule has 5 heteroatoms. The van der Waals surface area contributed by atoms with Gasteiger partial charge in [-0.15, -0.1) is 0 Å². The van der Waals surface area contributed by atoms with E-state index in [-0.39, 0.29) is 65.9 Å². The second kappa shape index (κ2) is 17.2. The molecule has 0 radical (unpaired) electrons. The average molecular weight is 1020 g/mol. The van der Waals surface area contributed by atoms with E-state index >= 15 is 0 Å². The van der Waals surface area contributed by atoms with Crippen molar-refractivity contribution in [2.45, 2.75) is 0 Å². The zero-order valence-electron chi connectivity index (χ0n) is 70.8. The highest BCUT2D eigenvalue weighted by atomic mass is 15.1. The first-order valence-electron chi connectivity index (χ1n) is 39.5. The third-order valence-corrected chi connectivity index (χ3v) is 14.1. The van der Waals surface area contributed by atoms with Gasteiger partial charge >= 0.3 is 0 Å². The minimum atomic E-state index is -1.04. The molecule has 5 nitrogen and oxygen atoms in total. The predicted molar refractivity (Wildman–Crippen MR) is 325 cm³/mol. The third kappa shape index (κ3) is 6.29. The van der Waals surface area contributed by atoms with Crippen LogP contribution in [-0.2, 0) is 0 Å². The fourth-order valence-corrected chi connectivity index (χ4v) is 11.1. The molecule has 16 aromatic rings. The van der Waals surface area contributed by atoms with Crippen LogP contribution in [0.25, 0.3) is 143 Å². The van der Waals surface area contributed by atoms with E-state index in [4.69, 9.17) is 13.7 Å². The first kappa shape index (κ1) is 23.1. The van der Waals surface area contributed by atoms with Crippen molar-refractivity contribution in [2.24, 2.45) is 0 Å². The molecule has 362 valence electrons. The lowest BCUT2D eigenvalue weighted by atomic mass is 9.93. The number of benzene rings is 12. The average Bonchev–Trinajstić information content (AvgIpc) is 1.54. The summed E-state index contributed by atoms with van der Waals surface area (Å²) in [5.41, 5.74) is -8.41. The molecule has 0 bridgehead atoms. The Kier molecular flexibility index (Phi) is 5.08. The monoisotopic (exact) mass is 1020 g/mol. The second-order valence-corrected chi connectivity index (χ2v) is 18.0. The van der Waals surface area contributed by atoms with Gasteiger partial charge in [-0.25, -0.2) is 0 Å². The maximum Gasteiger partial charge on any atom is 0.104 e. The Morgan fingerprint density at radius 3 is 0.974 bits per heavy atom. The molecule has 0 saturated carbocycles. The highest BCUT2D eigenvalue weighted by Crippen LogP contribution is 2.52. The van der Waals surface area contributed by atoms with Gasteiger partial charge in [-0.1, -0.05) is 212 Å². The van der Waals surface area contributed by atoms with Crippen molar-refractivity contribution in [3.63, 3.8) is 0 Å². The molecule has 0 aliphatic carbocycles. The van der Waals surface area contributed by atoms with Gasteiger partial charge in [-0.05, 0) is 88.4 Å². The zero-order valence-corrected chi connectivity index (χ0v) is 39.8. The molecule has 0 unspecified atom stereocenters. The van der Waals surface area contributed by atoms with Gasteiger partial charge in [0.25, 0.3) is 0 Å². The lowest BCUT2D eigenvalue weighted by molar-refractivity contribution is 1.04. The van der Waals surface area contributed by atoms with Crippen molar-refractivity contribution >= 4 is 87.2 Å². The summed E-state index contributed by atoms with van der Waals surface area (Å²) >= 11 is 0. The van der Waals surface area contributed by atoms with Crippen LogP contribution in [0.2, 0.25) is 0 Å². The summed E-state index contributed by atoms with van der Waals surface area (Å²) in [6, 6.07) is -3.61. The van der Waals surface area contributed by atoms with Crippen LogP contribution in [0.3, 0.4) is 0 Å². The number of nitriles is 1. The first-order chi connectivity index (χ1) is 51.6. The number of hydrogen-bond acceptors (Lipinski definition) is 1. The summed E-state index contributed by atoms with van der Waals surface area (Å²) in [4.78, 5) is 0. The van der Waals surface area contributed by atoms with E-state index in [1.165, 1.54) is 57.7 Å². The number of rotatable bonds is 7. The van der Waals surface area contributed by atoms with Gasteiger partial charge in [0, 0.05) is 48.7 Å². The number of hydrogen-bond donors (Lipinski definition) is 0. The lowest BCUT2D eigenvalue weighted by Gasteiger charge is -2.29. The number of aromatic nitrogens is 4. The molecule has 16 rings (SSSR count). The Morgan fingerprint density at radius 2 is 0.590 bits per heavy atom. The first-order valence-corrected chi connectivity index (χ1v) is 24.0. The Balaban J connectivity index is 1.32. The molecule has 0 N–H and O–H groups in total. The maximum absolute atomic E-state index is 13.3. The van der Waals surface area contributed by atoms with Crippen LogP contribution in [0.5, 0.6) is 0 Å². The Bertz CT molecular complexity index is 6460. The Labute approximate surface area is 492 Å². The van der Waals surface area contributed by atoms with Gasteiger partial charge in [-0.2, -0.15) is 5.26 Å². The molecule has 78 heavy (non-hydrogen) atoms. The highest BCUT2D eigenvalue weighted by molar-refractivity contribution is 6.17. The minimum Gasteiger partial charge on any atom is -0.306 e. The van der Waals surface area contributed by atoms with E-state index in [1.807, 2.05) is 0 Å². The molecular formula is C73H45N5. The molecule has 0 fully saturated rings. The van der Waals surface area contributed by atoms with Crippen LogP contribution < -0.4 is 0 Å². The molecule has 4 aromatic heterocycles. The Morgan fingerprint density at radius 1 is 0.269 bits per heavy atom. The Hall–Kier alpha value is -10.7. The van der Waals surface area contributed by atoms with Crippen molar-refractivity contribution in [3.8, 4) is 62.2 Å². The summed E-state index contributed by atoms with van der Waals surface area (Å²) in [5, 5.41) is 11.6. The number of nitrogens with zero attached hydrogens (tertiary/aromatic N) is 5. The van der Waals surface area contributed by atoms with Crippen LogP contribution >= 0.6 is 0 Å². The molecule has 0 aliphatic heterocycles. The summed E-state index contributed by atoms with van der Waals surface area (Å²) in [6.45, 7) is 0. The molecule has 0 spiro atoms. The third-order valence-electron chi connectivity index (χ3n) is 14.1.